The molecule has 0 aliphatic rings. The summed E-state index contributed by atoms with van der Waals surface area (Å²) in [6.45, 7) is 3.78. The van der Waals surface area contributed by atoms with E-state index in [-0.39, 0.29) is 5.91 Å². The topological polar surface area (TPSA) is 55.4 Å². The summed E-state index contributed by atoms with van der Waals surface area (Å²) >= 11 is 11.9. The highest BCUT2D eigenvalue weighted by Crippen LogP contribution is 2.23. The second kappa shape index (κ2) is 8.70. The first kappa shape index (κ1) is 19.0. The lowest BCUT2D eigenvalue weighted by Crippen LogP contribution is -2.12. The van der Waals surface area contributed by atoms with Crippen molar-refractivity contribution in [2.24, 2.45) is 0 Å². The Balaban J connectivity index is 2.14. The number of ether oxygens (including phenoxy) is 1. The van der Waals surface area contributed by atoms with Crippen LogP contribution in [-0.4, -0.2) is 18.5 Å². The van der Waals surface area contributed by atoms with Crippen molar-refractivity contribution in [3.05, 3.63) is 69.2 Å². The smallest absolute Gasteiger partial charge is 0.338 e. The lowest BCUT2D eigenvalue weighted by molar-refractivity contribution is -0.111. The molecule has 4 nitrogen and oxygen atoms in total. The fourth-order valence-electron chi connectivity index (χ4n) is 2.18. The molecule has 130 valence electrons. The lowest BCUT2D eigenvalue weighted by atomic mass is 10.1. The molecule has 0 aliphatic carbocycles. The van der Waals surface area contributed by atoms with E-state index in [0.29, 0.717) is 39.0 Å². The number of carbonyl (C=O) groups is 2. The second-order valence-corrected chi connectivity index (χ2v) is 6.03. The van der Waals surface area contributed by atoms with Crippen LogP contribution >= 0.6 is 23.2 Å². The number of nitrogens with one attached hydrogen (secondary N) is 1. The SMILES string of the molecule is CCOC(=O)c1cccc(NC(=O)/C=C/c2ccc(Cl)cc2Cl)c1C. The third-order valence-electron chi connectivity index (χ3n) is 3.46. The standard InChI is InChI=1S/C19H17Cl2NO3/c1-3-25-19(24)15-5-4-6-17(12(15)2)22-18(23)10-8-13-7-9-14(20)11-16(13)21/h4-11H,3H2,1-2H3,(H,22,23)/b10-8+. The highest BCUT2D eigenvalue weighted by molar-refractivity contribution is 6.35. The predicted molar refractivity (Wildman–Crippen MR) is 101 cm³/mol. The fraction of sp³-hybridized carbons (Fsp3) is 0.158. The summed E-state index contributed by atoms with van der Waals surface area (Å²) in [6.07, 6.45) is 2.96. The zero-order chi connectivity index (χ0) is 18.4. The Morgan fingerprint density at radius 3 is 2.64 bits per heavy atom. The van der Waals surface area contributed by atoms with E-state index in [9.17, 15) is 9.59 Å². The van der Waals surface area contributed by atoms with Crippen LogP contribution in [0.2, 0.25) is 10.0 Å². The van der Waals surface area contributed by atoms with Crippen LogP contribution in [0.5, 0.6) is 0 Å². The molecular weight excluding hydrogens is 361 g/mol. The minimum atomic E-state index is -0.417. The van der Waals surface area contributed by atoms with Crippen molar-refractivity contribution in [3.63, 3.8) is 0 Å². The van der Waals surface area contributed by atoms with Crippen molar-refractivity contribution in [2.75, 3.05) is 11.9 Å². The van der Waals surface area contributed by atoms with E-state index >= 15 is 0 Å². The molecule has 0 radical (unpaired) electrons. The van der Waals surface area contributed by atoms with Gasteiger partial charge < -0.3 is 10.1 Å². The molecule has 2 aromatic carbocycles. The summed E-state index contributed by atoms with van der Waals surface area (Å²) in [7, 11) is 0. The van der Waals surface area contributed by atoms with E-state index in [1.807, 2.05) is 0 Å². The number of carbonyl (C=O) groups excluding carboxylic acids is 2. The Bertz CT molecular complexity index is 831. The van der Waals surface area contributed by atoms with Gasteiger partial charge in [0.05, 0.1) is 12.2 Å². The molecule has 25 heavy (non-hydrogen) atoms. The minimum Gasteiger partial charge on any atom is -0.462 e. The van der Waals surface area contributed by atoms with Crippen LogP contribution in [0, 0.1) is 6.92 Å². The molecule has 2 aromatic rings. The molecule has 2 rings (SSSR count). The Kier molecular flexibility index (Phi) is 6.62. The van der Waals surface area contributed by atoms with Crippen LogP contribution in [0.25, 0.3) is 6.08 Å². The predicted octanol–water partition coefficient (Wildman–Crippen LogP) is 5.13. The van der Waals surface area contributed by atoms with Crippen molar-refractivity contribution in [3.8, 4) is 0 Å². The molecule has 0 atom stereocenters. The number of esters is 1. The van der Waals surface area contributed by atoms with E-state index in [1.54, 1.807) is 56.3 Å². The average molecular weight is 378 g/mol. The molecule has 0 spiro atoms. The van der Waals surface area contributed by atoms with Crippen LogP contribution in [0.15, 0.2) is 42.5 Å². The van der Waals surface area contributed by atoms with Gasteiger partial charge in [0.1, 0.15) is 0 Å². The summed E-state index contributed by atoms with van der Waals surface area (Å²) in [5.41, 5.74) is 2.29. The fourth-order valence-corrected chi connectivity index (χ4v) is 2.65. The maximum Gasteiger partial charge on any atom is 0.338 e. The van der Waals surface area contributed by atoms with Crippen LogP contribution in [-0.2, 0) is 9.53 Å². The van der Waals surface area contributed by atoms with Crippen molar-refractivity contribution in [2.45, 2.75) is 13.8 Å². The van der Waals surface area contributed by atoms with Gasteiger partial charge in [0, 0.05) is 21.8 Å². The zero-order valence-corrected chi connectivity index (χ0v) is 15.3. The molecule has 0 saturated heterocycles. The summed E-state index contributed by atoms with van der Waals surface area (Å²) in [4.78, 5) is 24.0. The Labute approximate surface area is 156 Å². The van der Waals surface area contributed by atoms with Gasteiger partial charge in [0.2, 0.25) is 5.91 Å². The number of amides is 1. The number of hydrogen-bond donors (Lipinski definition) is 1. The van der Waals surface area contributed by atoms with Gasteiger partial charge in [-0.15, -0.1) is 0 Å². The van der Waals surface area contributed by atoms with Gasteiger partial charge in [-0.05, 0) is 55.3 Å². The van der Waals surface area contributed by atoms with Crippen molar-refractivity contribution >= 4 is 46.8 Å². The number of hydrogen-bond acceptors (Lipinski definition) is 3. The molecular formula is C19H17Cl2NO3. The van der Waals surface area contributed by atoms with Gasteiger partial charge in [0.15, 0.2) is 0 Å². The molecule has 0 unspecified atom stereocenters. The number of halogens is 2. The summed E-state index contributed by atoms with van der Waals surface area (Å²) in [5, 5.41) is 3.73. The lowest BCUT2D eigenvalue weighted by Gasteiger charge is -2.10. The van der Waals surface area contributed by atoms with Crippen molar-refractivity contribution in [1.29, 1.82) is 0 Å². The van der Waals surface area contributed by atoms with E-state index in [4.69, 9.17) is 27.9 Å². The highest BCUT2D eigenvalue weighted by Gasteiger charge is 2.13. The molecule has 0 aromatic heterocycles. The van der Waals surface area contributed by atoms with Crippen molar-refractivity contribution in [1.82, 2.24) is 0 Å². The zero-order valence-electron chi connectivity index (χ0n) is 13.8. The van der Waals surface area contributed by atoms with E-state index in [2.05, 4.69) is 5.32 Å². The molecule has 0 bridgehead atoms. The summed E-state index contributed by atoms with van der Waals surface area (Å²) < 4.78 is 5.01. The molecule has 0 fully saturated rings. The highest BCUT2D eigenvalue weighted by atomic mass is 35.5. The van der Waals surface area contributed by atoms with Crippen LogP contribution < -0.4 is 5.32 Å². The normalized spacial score (nSPS) is 10.7. The van der Waals surface area contributed by atoms with Gasteiger partial charge in [-0.25, -0.2) is 4.79 Å². The Morgan fingerprint density at radius 2 is 1.96 bits per heavy atom. The van der Waals surface area contributed by atoms with Gasteiger partial charge >= 0.3 is 5.97 Å². The number of anilines is 1. The molecule has 0 heterocycles. The molecule has 1 N–H and O–H groups in total. The van der Waals surface area contributed by atoms with Gasteiger partial charge in [0.25, 0.3) is 0 Å². The van der Waals surface area contributed by atoms with Gasteiger partial charge in [-0.2, -0.15) is 0 Å². The number of benzene rings is 2. The summed E-state index contributed by atoms with van der Waals surface area (Å²) in [6, 6.07) is 10.1. The van der Waals surface area contributed by atoms with Gasteiger partial charge in [-0.1, -0.05) is 35.3 Å². The minimum absolute atomic E-state index is 0.291. The first-order valence-corrected chi connectivity index (χ1v) is 8.38. The van der Waals surface area contributed by atoms with Crippen LogP contribution in [0.3, 0.4) is 0 Å². The van der Waals surface area contributed by atoms with Crippen LogP contribution in [0.1, 0.15) is 28.4 Å². The Morgan fingerprint density at radius 1 is 1.20 bits per heavy atom. The van der Waals surface area contributed by atoms with Crippen molar-refractivity contribution < 1.29 is 14.3 Å². The second-order valence-electron chi connectivity index (χ2n) is 5.19. The van der Waals surface area contributed by atoms with E-state index in [0.717, 1.165) is 0 Å². The quantitative estimate of drug-likeness (QED) is 0.580. The molecule has 0 aliphatic heterocycles. The average Bonchev–Trinajstić information content (AvgIpc) is 2.56. The monoisotopic (exact) mass is 377 g/mol. The van der Waals surface area contributed by atoms with Gasteiger partial charge in [-0.3, -0.25) is 4.79 Å². The van der Waals surface area contributed by atoms with Crippen LogP contribution in [0.4, 0.5) is 5.69 Å². The van der Waals surface area contributed by atoms with E-state index < -0.39 is 5.97 Å². The molecule has 6 heteroatoms. The number of rotatable bonds is 5. The first-order valence-electron chi connectivity index (χ1n) is 7.63. The first-order chi connectivity index (χ1) is 11.9. The van der Waals surface area contributed by atoms with E-state index in [1.165, 1.54) is 6.08 Å². The maximum atomic E-state index is 12.1. The Hall–Kier alpha value is -2.30. The third kappa shape index (κ3) is 5.08. The molecule has 1 amide bonds. The molecule has 0 saturated carbocycles. The maximum absolute atomic E-state index is 12.1. The third-order valence-corrected chi connectivity index (χ3v) is 4.03. The largest absolute Gasteiger partial charge is 0.462 e. The summed E-state index contributed by atoms with van der Waals surface area (Å²) in [5.74, 6) is -0.755.